The highest BCUT2D eigenvalue weighted by molar-refractivity contribution is 6.69. The number of rotatable bonds is 3. The maximum atomic E-state index is 12.7. The van der Waals surface area contributed by atoms with Crippen LogP contribution in [0.25, 0.3) is 0 Å². The third-order valence-corrected chi connectivity index (χ3v) is 9.72. The van der Waals surface area contributed by atoms with Gasteiger partial charge in [-0.3, -0.25) is 4.79 Å². The standard InChI is InChI=1S/C23H38O3Si/c1-15-13-23-14-16(15)9-10-19(23)22(2)11-7-8-17(21(24)25-3)18(22)12-20(23)26-27(4,5)6/h16-20H,1,7-14H2,2-6H3/t16-,17-,18-,19+,20+,22-,23+/m1/s1. The monoisotopic (exact) mass is 390 g/mol. The van der Waals surface area contributed by atoms with Crippen LogP contribution in [-0.4, -0.2) is 27.5 Å². The SMILES string of the molecule is C=C1C[C@]23C[C@H]1CC[C@H]2[C@]1(C)CCC[C@@H](C(=O)OC)[C@H]1C[C@@H]3O[Si](C)(C)C. The number of carbonyl (C=O) groups excluding carboxylic acids is 1. The first-order valence-electron chi connectivity index (χ1n) is 11.0. The second-order valence-corrected chi connectivity index (χ2v) is 15.6. The Morgan fingerprint density at radius 1 is 1.22 bits per heavy atom. The molecule has 4 heteroatoms. The van der Waals surface area contributed by atoms with E-state index in [0.717, 1.165) is 25.7 Å². The van der Waals surface area contributed by atoms with E-state index in [1.54, 1.807) is 7.11 Å². The van der Waals surface area contributed by atoms with Crippen molar-refractivity contribution in [1.29, 1.82) is 0 Å². The number of hydrogen-bond donors (Lipinski definition) is 0. The molecule has 152 valence electrons. The van der Waals surface area contributed by atoms with Crippen LogP contribution in [0.4, 0.5) is 0 Å². The van der Waals surface area contributed by atoms with E-state index in [-0.39, 0.29) is 22.7 Å². The Hall–Kier alpha value is -0.613. The van der Waals surface area contributed by atoms with Gasteiger partial charge in [-0.15, -0.1) is 0 Å². The quantitative estimate of drug-likeness (QED) is 0.359. The van der Waals surface area contributed by atoms with Crippen LogP contribution in [0.2, 0.25) is 19.6 Å². The van der Waals surface area contributed by atoms with Crippen molar-refractivity contribution >= 4 is 14.3 Å². The van der Waals surface area contributed by atoms with Crippen LogP contribution in [0.3, 0.4) is 0 Å². The third-order valence-electron chi connectivity index (χ3n) is 8.73. The Kier molecular flexibility index (Phi) is 4.70. The topological polar surface area (TPSA) is 35.5 Å². The molecular formula is C23H38O3Si. The average molecular weight is 391 g/mol. The lowest BCUT2D eigenvalue weighted by Crippen LogP contribution is -2.62. The van der Waals surface area contributed by atoms with Crippen LogP contribution in [0.1, 0.15) is 58.3 Å². The van der Waals surface area contributed by atoms with E-state index < -0.39 is 8.32 Å². The summed E-state index contributed by atoms with van der Waals surface area (Å²) in [6.07, 6.45) is 9.74. The molecule has 0 radical (unpaired) electrons. The second-order valence-electron chi connectivity index (χ2n) is 11.2. The zero-order valence-corrected chi connectivity index (χ0v) is 19.0. The molecule has 0 aromatic rings. The number of esters is 1. The maximum Gasteiger partial charge on any atom is 0.308 e. The van der Waals surface area contributed by atoms with Crippen molar-refractivity contribution in [3.8, 4) is 0 Å². The van der Waals surface area contributed by atoms with Gasteiger partial charge in [-0.1, -0.05) is 25.5 Å². The predicted octanol–water partition coefficient (Wildman–Crippen LogP) is 5.57. The molecule has 0 aromatic carbocycles. The highest BCUT2D eigenvalue weighted by atomic mass is 28.4. The van der Waals surface area contributed by atoms with Crippen LogP contribution in [-0.2, 0) is 14.0 Å². The number of allylic oxidation sites excluding steroid dienone is 1. The fourth-order valence-corrected chi connectivity index (χ4v) is 9.02. The summed E-state index contributed by atoms with van der Waals surface area (Å²) in [6, 6.07) is 0. The molecule has 7 atom stereocenters. The van der Waals surface area contributed by atoms with Gasteiger partial charge in [-0.05, 0) is 87.8 Å². The molecule has 0 N–H and O–H groups in total. The first kappa shape index (κ1) is 19.7. The van der Waals surface area contributed by atoms with Gasteiger partial charge in [0.05, 0.1) is 19.1 Å². The van der Waals surface area contributed by atoms with Crippen LogP contribution >= 0.6 is 0 Å². The van der Waals surface area contributed by atoms with Gasteiger partial charge in [-0.2, -0.15) is 0 Å². The molecule has 4 saturated carbocycles. The van der Waals surface area contributed by atoms with Gasteiger partial charge in [0, 0.05) is 5.41 Å². The summed E-state index contributed by atoms with van der Waals surface area (Å²) in [5, 5.41) is 0. The predicted molar refractivity (Wildman–Crippen MR) is 111 cm³/mol. The van der Waals surface area contributed by atoms with Crippen molar-refractivity contribution in [2.75, 3.05) is 7.11 Å². The highest BCUT2D eigenvalue weighted by Gasteiger charge is 2.66. The summed E-state index contributed by atoms with van der Waals surface area (Å²) in [6.45, 7) is 13.9. The normalized spacial score (nSPS) is 46.6. The number of hydrogen-bond acceptors (Lipinski definition) is 3. The Balaban J connectivity index is 1.76. The van der Waals surface area contributed by atoms with Crippen molar-refractivity contribution < 1.29 is 14.0 Å². The molecule has 1 spiro atoms. The van der Waals surface area contributed by atoms with E-state index in [0.29, 0.717) is 23.9 Å². The molecule has 0 aliphatic heterocycles. The summed E-state index contributed by atoms with van der Waals surface area (Å²) in [5.41, 5.74) is 1.99. The number of ether oxygens (including phenoxy) is 1. The third kappa shape index (κ3) is 2.97. The molecule has 4 rings (SSSR count). The number of fused-ring (bicyclic) bond motifs is 3. The molecule has 27 heavy (non-hydrogen) atoms. The van der Waals surface area contributed by atoms with Crippen LogP contribution in [0.5, 0.6) is 0 Å². The largest absolute Gasteiger partial charge is 0.469 e. The van der Waals surface area contributed by atoms with Crippen LogP contribution in [0.15, 0.2) is 12.2 Å². The van der Waals surface area contributed by atoms with E-state index in [4.69, 9.17) is 9.16 Å². The first-order valence-corrected chi connectivity index (χ1v) is 14.4. The summed E-state index contributed by atoms with van der Waals surface area (Å²) >= 11 is 0. The Labute approximate surface area is 166 Å². The van der Waals surface area contributed by atoms with Gasteiger partial charge in [0.15, 0.2) is 8.32 Å². The molecule has 0 unspecified atom stereocenters. The molecule has 4 aliphatic rings. The molecule has 0 saturated heterocycles. The summed E-state index contributed by atoms with van der Waals surface area (Å²) < 4.78 is 12.2. The first-order chi connectivity index (χ1) is 12.6. The zero-order chi connectivity index (χ0) is 19.6. The Morgan fingerprint density at radius 3 is 2.63 bits per heavy atom. The Bertz CT molecular complexity index is 638. The van der Waals surface area contributed by atoms with Gasteiger partial charge < -0.3 is 9.16 Å². The van der Waals surface area contributed by atoms with E-state index in [1.807, 2.05) is 0 Å². The summed E-state index contributed by atoms with van der Waals surface area (Å²) in [5.74, 6) is 1.84. The fraction of sp³-hybridized carbons (Fsp3) is 0.870. The molecule has 0 aromatic heterocycles. The minimum Gasteiger partial charge on any atom is -0.469 e. The molecule has 2 bridgehead atoms. The molecular weight excluding hydrogens is 352 g/mol. The number of methoxy groups -OCH3 is 1. The number of carbonyl (C=O) groups is 1. The molecule has 3 nitrogen and oxygen atoms in total. The second kappa shape index (κ2) is 6.45. The lowest BCUT2D eigenvalue weighted by molar-refractivity contribution is -0.188. The molecule has 4 aliphatic carbocycles. The fourth-order valence-electron chi connectivity index (χ4n) is 7.83. The summed E-state index contributed by atoms with van der Waals surface area (Å²) in [4.78, 5) is 12.7. The molecule has 0 heterocycles. The molecule has 0 amide bonds. The maximum absolute atomic E-state index is 12.7. The van der Waals surface area contributed by atoms with E-state index >= 15 is 0 Å². The van der Waals surface area contributed by atoms with Crippen molar-refractivity contribution in [3.63, 3.8) is 0 Å². The lowest BCUT2D eigenvalue weighted by atomic mass is 9.42. The smallest absolute Gasteiger partial charge is 0.308 e. The van der Waals surface area contributed by atoms with Crippen LogP contribution in [0, 0.1) is 34.5 Å². The van der Waals surface area contributed by atoms with Gasteiger partial charge in [0.2, 0.25) is 0 Å². The van der Waals surface area contributed by atoms with Crippen molar-refractivity contribution in [2.45, 2.75) is 84.0 Å². The summed E-state index contributed by atoms with van der Waals surface area (Å²) in [7, 11) is -0.116. The van der Waals surface area contributed by atoms with E-state index in [2.05, 4.69) is 33.1 Å². The molecule has 4 fully saturated rings. The van der Waals surface area contributed by atoms with Crippen molar-refractivity contribution in [3.05, 3.63) is 12.2 Å². The van der Waals surface area contributed by atoms with Crippen LogP contribution < -0.4 is 0 Å². The minimum atomic E-state index is -1.67. The van der Waals surface area contributed by atoms with Gasteiger partial charge >= 0.3 is 5.97 Å². The van der Waals surface area contributed by atoms with E-state index in [9.17, 15) is 4.79 Å². The zero-order valence-electron chi connectivity index (χ0n) is 18.0. The van der Waals surface area contributed by atoms with Gasteiger partial charge in [-0.25, -0.2) is 0 Å². The van der Waals surface area contributed by atoms with Crippen molar-refractivity contribution in [1.82, 2.24) is 0 Å². The Morgan fingerprint density at radius 2 is 1.96 bits per heavy atom. The van der Waals surface area contributed by atoms with Gasteiger partial charge in [0.25, 0.3) is 0 Å². The van der Waals surface area contributed by atoms with Gasteiger partial charge in [0.1, 0.15) is 0 Å². The highest BCUT2D eigenvalue weighted by Crippen LogP contribution is 2.71. The van der Waals surface area contributed by atoms with E-state index in [1.165, 1.54) is 31.3 Å². The average Bonchev–Trinajstić information content (AvgIpc) is 2.84. The van der Waals surface area contributed by atoms with Crippen molar-refractivity contribution in [2.24, 2.45) is 34.5 Å². The minimum absolute atomic E-state index is 0.0122. The lowest BCUT2D eigenvalue weighted by Gasteiger charge is -2.64.